The molecule has 134 valence electrons. The van der Waals surface area contributed by atoms with Gasteiger partial charge in [0.15, 0.2) is 6.61 Å². The highest BCUT2D eigenvalue weighted by Gasteiger charge is 2.13. The molecule has 1 aromatic heterocycles. The molecule has 1 N–H and O–H groups in total. The summed E-state index contributed by atoms with van der Waals surface area (Å²) in [6.45, 7) is 2.02. The predicted molar refractivity (Wildman–Crippen MR) is 94.8 cm³/mol. The van der Waals surface area contributed by atoms with Gasteiger partial charge in [-0.2, -0.15) is 0 Å². The van der Waals surface area contributed by atoms with Crippen molar-refractivity contribution in [2.24, 2.45) is 0 Å². The number of rotatable bonds is 7. The Hall–Kier alpha value is -3.35. The van der Waals surface area contributed by atoms with Crippen molar-refractivity contribution in [2.45, 2.75) is 13.5 Å². The van der Waals surface area contributed by atoms with Crippen molar-refractivity contribution in [3.05, 3.63) is 60.0 Å². The molecule has 26 heavy (non-hydrogen) atoms. The number of benzene rings is 2. The van der Waals surface area contributed by atoms with Crippen LogP contribution in [0.3, 0.4) is 0 Å². The Balaban J connectivity index is 1.53. The lowest BCUT2D eigenvalue weighted by atomic mass is 10.2. The molecule has 0 aliphatic heterocycles. The van der Waals surface area contributed by atoms with Crippen LogP contribution in [0.1, 0.15) is 11.5 Å². The lowest BCUT2D eigenvalue weighted by Crippen LogP contribution is -2.28. The van der Waals surface area contributed by atoms with Gasteiger partial charge in [-0.05, 0) is 31.2 Å². The zero-order valence-corrected chi connectivity index (χ0v) is 14.6. The van der Waals surface area contributed by atoms with Crippen molar-refractivity contribution < 1.29 is 18.7 Å². The second-order valence-electron chi connectivity index (χ2n) is 5.58. The summed E-state index contributed by atoms with van der Waals surface area (Å²) in [6, 6.07) is 14.8. The smallest absolute Gasteiger partial charge is 0.258 e. The van der Waals surface area contributed by atoms with E-state index in [1.165, 1.54) is 0 Å². The van der Waals surface area contributed by atoms with Gasteiger partial charge in [0.2, 0.25) is 5.89 Å². The Morgan fingerprint density at radius 3 is 2.65 bits per heavy atom. The van der Waals surface area contributed by atoms with Gasteiger partial charge in [0, 0.05) is 0 Å². The minimum Gasteiger partial charge on any atom is -0.496 e. The Kier molecular flexibility index (Phi) is 5.48. The number of carbonyl (C=O) groups excluding carboxylic acids is 1. The van der Waals surface area contributed by atoms with Gasteiger partial charge in [0.1, 0.15) is 11.5 Å². The maximum atomic E-state index is 11.9. The van der Waals surface area contributed by atoms with E-state index in [-0.39, 0.29) is 19.1 Å². The van der Waals surface area contributed by atoms with Crippen molar-refractivity contribution in [2.75, 3.05) is 13.7 Å². The van der Waals surface area contributed by atoms with Crippen molar-refractivity contribution >= 4 is 5.91 Å². The van der Waals surface area contributed by atoms with E-state index in [4.69, 9.17) is 13.9 Å². The summed E-state index contributed by atoms with van der Waals surface area (Å²) in [6.07, 6.45) is 0. The van der Waals surface area contributed by atoms with Crippen LogP contribution in [-0.4, -0.2) is 29.8 Å². The molecular formula is C19H19N3O4. The van der Waals surface area contributed by atoms with Crippen LogP contribution in [0.25, 0.3) is 11.5 Å². The van der Waals surface area contributed by atoms with Crippen LogP contribution in [0.15, 0.2) is 52.9 Å². The molecule has 0 aliphatic rings. The monoisotopic (exact) mass is 353 g/mol. The normalized spacial score (nSPS) is 10.4. The zero-order valence-electron chi connectivity index (χ0n) is 14.6. The van der Waals surface area contributed by atoms with E-state index in [2.05, 4.69) is 15.5 Å². The van der Waals surface area contributed by atoms with Gasteiger partial charge in [-0.1, -0.05) is 29.8 Å². The lowest BCUT2D eigenvalue weighted by molar-refractivity contribution is -0.123. The highest BCUT2D eigenvalue weighted by molar-refractivity contribution is 5.77. The number of hydrogen-bond acceptors (Lipinski definition) is 6. The second-order valence-corrected chi connectivity index (χ2v) is 5.58. The molecule has 0 spiro atoms. The fraction of sp³-hybridized carbons (Fsp3) is 0.211. The second kappa shape index (κ2) is 8.15. The average Bonchev–Trinajstić information content (AvgIpc) is 3.14. The van der Waals surface area contributed by atoms with E-state index in [1.807, 2.05) is 55.5 Å². The fourth-order valence-corrected chi connectivity index (χ4v) is 2.26. The summed E-state index contributed by atoms with van der Waals surface area (Å²) < 4.78 is 16.3. The van der Waals surface area contributed by atoms with Crippen LogP contribution < -0.4 is 14.8 Å². The molecule has 0 atom stereocenters. The molecule has 0 saturated carbocycles. The maximum Gasteiger partial charge on any atom is 0.258 e. The highest BCUT2D eigenvalue weighted by Crippen LogP contribution is 2.28. The predicted octanol–water partition coefficient (Wildman–Crippen LogP) is 2.75. The third kappa shape index (κ3) is 4.38. The first-order valence-corrected chi connectivity index (χ1v) is 8.07. The first kappa shape index (κ1) is 17.5. The summed E-state index contributed by atoms with van der Waals surface area (Å²) in [5.41, 5.74) is 1.83. The highest BCUT2D eigenvalue weighted by atomic mass is 16.5. The molecule has 3 aromatic rings. The minimum atomic E-state index is -0.275. The summed E-state index contributed by atoms with van der Waals surface area (Å²) >= 11 is 0. The van der Waals surface area contributed by atoms with Crippen LogP contribution >= 0.6 is 0 Å². The topological polar surface area (TPSA) is 86.5 Å². The van der Waals surface area contributed by atoms with Crippen LogP contribution in [0.2, 0.25) is 0 Å². The van der Waals surface area contributed by atoms with Gasteiger partial charge in [-0.15, -0.1) is 10.2 Å². The Labute approximate surface area is 151 Å². The number of amides is 1. The average molecular weight is 353 g/mol. The fourth-order valence-electron chi connectivity index (χ4n) is 2.26. The minimum absolute atomic E-state index is 0.0867. The summed E-state index contributed by atoms with van der Waals surface area (Å²) in [4.78, 5) is 11.9. The van der Waals surface area contributed by atoms with Gasteiger partial charge < -0.3 is 19.2 Å². The van der Waals surface area contributed by atoms with E-state index < -0.39 is 0 Å². The van der Waals surface area contributed by atoms with Gasteiger partial charge in [0.25, 0.3) is 11.8 Å². The molecule has 2 aromatic carbocycles. The van der Waals surface area contributed by atoms with Crippen LogP contribution in [-0.2, 0) is 11.3 Å². The summed E-state index contributed by atoms with van der Waals surface area (Å²) in [5.74, 6) is 1.64. The van der Waals surface area contributed by atoms with Gasteiger partial charge in [-0.3, -0.25) is 4.79 Å². The van der Waals surface area contributed by atoms with Crippen LogP contribution in [0.5, 0.6) is 11.5 Å². The number of nitrogens with zero attached hydrogens (tertiary/aromatic N) is 2. The number of hydrogen-bond donors (Lipinski definition) is 1. The zero-order chi connectivity index (χ0) is 18.4. The Morgan fingerprint density at radius 1 is 1.12 bits per heavy atom. The number of aromatic nitrogens is 2. The lowest BCUT2D eigenvalue weighted by Gasteiger charge is -2.06. The quantitative estimate of drug-likeness (QED) is 0.703. The first-order chi connectivity index (χ1) is 12.7. The number of nitrogens with one attached hydrogen (secondary N) is 1. The number of methoxy groups -OCH3 is 1. The molecule has 0 saturated heterocycles. The van der Waals surface area contributed by atoms with Crippen molar-refractivity contribution in [1.29, 1.82) is 0 Å². The third-order valence-electron chi connectivity index (χ3n) is 3.63. The standard InChI is InChI=1S/C19H19N3O4/c1-13-7-9-14(10-8-13)25-12-17(23)20-11-18-21-22-19(26-18)15-5-3-4-6-16(15)24-2/h3-10H,11-12H2,1-2H3,(H,20,23). The third-order valence-corrected chi connectivity index (χ3v) is 3.63. The number of carbonyl (C=O) groups is 1. The van der Waals surface area contributed by atoms with Crippen molar-refractivity contribution in [1.82, 2.24) is 15.5 Å². The molecule has 0 fully saturated rings. The largest absolute Gasteiger partial charge is 0.496 e. The maximum absolute atomic E-state index is 11.9. The molecule has 3 rings (SSSR count). The molecule has 1 heterocycles. The molecule has 0 radical (unpaired) electrons. The molecule has 0 unspecified atom stereocenters. The molecule has 0 aliphatic carbocycles. The molecular weight excluding hydrogens is 334 g/mol. The van der Waals surface area contributed by atoms with Crippen LogP contribution in [0, 0.1) is 6.92 Å². The van der Waals surface area contributed by atoms with Crippen molar-refractivity contribution in [3.8, 4) is 23.0 Å². The van der Waals surface area contributed by atoms with Gasteiger partial charge in [0.05, 0.1) is 19.2 Å². The van der Waals surface area contributed by atoms with E-state index >= 15 is 0 Å². The Morgan fingerprint density at radius 2 is 1.88 bits per heavy atom. The molecule has 7 nitrogen and oxygen atoms in total. The first-order valence-electron chi connectivity index (χ1n) is 8.07. The number of ether oxygens (including phenoxy) is 2. The summed E-state index contributed by atoms with van der Waals surface area (Å²) in [7, 11) is 1.57. The molecule has 0 bridgehead atoms. The van der Waals surface area contributed by atoms with E-state index in [9.17, 15) is 4.79 Å². The van der Waals surface area contributed by atoms with E-state index in [1.54, 1.807) is 7.11 Å². The van der Waals surface area contributed by atoms with E-state index in [0.29, 0.717) is 28.8 Å². The van der Waals surface area contributed by atoms with Gasteiger partial charge >= 0.3 is 0 Å². The van der Waals surface area contributed by atoms with Gasteiger partial charge in [-0.25, -0.2) is 0 Å². The van der Waals surface area contributed by atoms with Crippen molar-refractivity contribution in [3.63, 3.8) is 0 Å². The van der Waals surface area contributed by atoms with E-state index in [0.717, 1.165) is 5.56 Å². The summed E-state index contributed by atoms with van der Waals surface area (Å²) in [5, 5.41) is 10.6. The molecule has 1 amide bonds. The Bertz CT molecular complexity index is 875. The van der Waals surface area contributed by atoms with Crippen LogP contribution in [0.4, 0.5) is 0 Å². The number of para-hydroxylation sites is 1. The molecule has 7 heteroatoms. The SMILES string of the molecule is COc1ccccc1-c1nnc(CNC(=O)COc2ccc(C)cc2)o1. The number of aryl methyl sites for hydroxylation is 1.